The zero-order valence-electron chi connectivity index (χ0n) is 11.8. The van der Waals surface area contributed by atoms with E-state index in [4.69, 9.17) is 10.5 Å². The molecular weight excluding hydrogens is 296 g/mol. The molecular formula is C14H23ClN2O2S. The van der Waals surface area contributed by atoms with Crippen molar-refractivity contribution >= 4 is 29.7 Å². The van der Waals surface area contributed by atoms with Gasteiger partial charge in [-0.3, -0.25) is 4.79 Å². The van der Waals surface area contributed by atoms with Crippen LogP contribution in [0.15, 0.2) is 11.4 Å². The van der Waals surface area contributed by atoms with Gasteiger partial charge in [-0.05, 0) is 18.8 Å². The molecule has 1 atom stereocenters. The maximum Gasteiger partial charge on any atom is 0.261 e. The Labute approximate surface area is 130 Å². The number of halogens is 1. The number of rotatable bonds is 5. The van der Waals surface area contributed by atoms with Gasteiger partial charge in [-0.25, -0.2) is 0 Å². The molecule has 1 aliphatic carbocycles. The van der Waals surface area contributed by atoms with Crippen LogP contribution < -0.4 is 15.8 Å². The summed E-state index contributed by atoms with van der Waals surface area (Å²) >= 11 is 1.40. The van der Waals surface area contributed by atoms with Crippen molar-refractivity contribution in [1.82, 2.24) is 5.32 Å². The van der Waals surface area contributed by atoms with Crippen molar-refractivity contribution in [2.45, 2.75) is 38.1 Å². The molecule has 1 aliphatic rings. The van der Waals surface area contributed by atoms with E-state index in [9.17, 15) is 4.79 Å². The maximum atomic E-state index is 12.2. The Balaban J connectivity index is 0.00000200. The largest absolute Gasteiger partial charge is 0.496 e. The molecule has 1 amide bonds. The van der Waals surface area contributed by atoms with Crippen molar-refractivity contribution in [2.24, 2.45) is 11.7 Å². The number of amides is 1. The van der Waals surface area contributed by atoms with Crippen LogP contribution in [0.3, 0.4) is 0 Å². The minimum Gasteiger partial charge on any atom is -0.496 e. The molecule has 1 saturated carbocycles. The molecule has 20 heavy (non-hydrogen) atoms. The number of carbonyl (C=O) groups excluding carboxylic acids is 1. The predicted octanol–water partition coefficient (Wildman–Crippen LogP) is 2.82. The standard InChI is InChI=1S/C14H22N2O2S.ClH/c1-18-11-7-13(19-9-11)14(17)16-12(8-15)10-5-3-2-4-6-10;/h7,9-10,12H,2-6,8,15H2,1H3,(H,16,17);1H. The van der Waals surface area contributed by atoms with Crippen molar-refractivity contribution in [2.75, 3.05) is 13.7 Å². The number of hydrogen-bond donors (Lipinski definition) is 2. The van der Waals surface area contributed by atoms with E-state index in [1.807, 2.05) is 5.38 Å². The van der Waals surface area contributed by atoms with Gasteiger partial charge in [0.05, 0.1) is 12.0 Å². The van der Waals surface area contributed by atoms with Crippen LogP contribution in [-0.4, -0.2) is 25.6 Å². The minimum atomic E-state index is -0.0330. The first-order valence-electron chi connectivity index (χ1n) is 6.88. The molecule has 0 radical (unpaired) electrons. The third-order valence-electron chi connectivity index (χ3n) is 3.82. The highest BCUT2D eigenvalue weighted by molar-refractivity contribution is 7.12. The van der Waals surface area contributed by atoms with Crippen LogP contribution in [-0.2, 0) is 0 Å². The summed E-state index contributed by atoms with van der Waals surface area (Å²) < 4.78 is 5.10. The second kappa shape index (κ2) is 8.49. The molecule has 1 aromatic heterocycles. The SMILES string of the molecule is COc1csc(C(=O)NC(CN)C2CCCCC2)c1.Cl. The smallest absolute Gasteiger partial charge is 0.261 e. The molecule has 0 aliphatic heterocycles. The predicted molar refractivity (Wildman–Crippen MR) is 85.0 cm³/mol. The van der Waals surface area contributed by atoms with Gasteiger partial charge in [-0.2, -0.15) is 0 Å². The summed E-state index contributed by atoms with van der Waals surface area (Å²) in [7, 11) is 1.61. The van der Waals surface area contributed by atoms with Gasteiger partial charge < -0.3 is 15.8 Å². The Morgan fingerprint density at radius 3 is 2.75 bits per heavy atom. The lowest BCUT2D eigenvalue weighted by Gasteiger charge is -2.29. The van der Waals surface area contributed by atoms with E-state index in [0.29, 0.717) is 17.3 Å². The van der Waals surface area contributed by atoms with Gasteiger partial charge >= 0.3 is 0 Å². The Kier molecular flexibility index (Phi) is 7.34. The molecule has 6 heteroatoms. The molecule has 3 N–H and O–H groups in total. The molecule has 0 spiro atoms. The Hall–Kier alpha value is -0.780. The quantitative estimate of drug-likeness (QED) is 0.877. The highest BCUT2D eigenvalue weighted by Crippen LogP contribution is 2.27. The molecule has 4 nitrogen and oxygen atoms in total. The highest BCUT2D eigenvalue weighted by atomic mass is 35.5. The molecule has 1 unspecified atom stereocenters. The summed E-state index contributed by atoms with van der Waals surface area (Å²) in [5, 5.41) is 4.92. The average molecular weight is 319 g/mol. The molecule has 1 heterocycles. The Bertz CT molecular complexity index is 419. The van der Waals surface area contributed by atoms with Crippen LogP contribution >= 0.6 is 23.7 Å². The number of nitrogens with two attached hydrogens (primary N) is 1. The Morgan fingerprint density at radius 1 is 1.50 bits per heavy atom. The number of ether oxygens (including phenoxy) is 1. The summed E-state index contributed by atoms with van der Waals surface area (Å²) in [5.41, 5.74) is 5.83. The summed E-state index contributed by atoms with van der Waals surface area (Å²) in [6.45, 7) is 0.513. The average Bonchev–Trinajstić information content (AvgIpc) is 2.94. The molecule has 114 valence electrons. The maximum absolute atomic E-state index is 12.2. The zero-order chi connectivity index (χ0) is 13.7. The van der Waals surface area contributed by atoms with E-state index in [0.717, 1.165) is 5.75 Å². The third-order valence-corrected chi connectivity index (χ3v) is 4.73. The topological polar surface area (TPSA) is 64.3 Å². The molecule has 0 aromatic carbocycles. The van der Waals surface area contributed by atoms with Gasteiger partial charge in [0.1, 0.15) is 5.75 Å². The van der Waals surface area contributed by atoms with Crippen LogP contribution in [0, 0.1) is 5.92 Å². The highest BCUT2D eigenvalue weighted by Gasteiger charge is 2.24. The first kappa shape index (κ1) is 17.3. The van der Waals surface area contributed by atoms with Crippen molar-refractivity contribution in [3.63, 3.8) is 0 Å². The van der Waals surface area contributed by atoms with Crippen LogP contribution in [0.4, 0.5) is 0 Å². The number of carbonyl (C=O) groups is 1. The molecule has 1 fully saturated rings. The normalized spacial score (nSPS) is 17.1. The summed E-state index contributed by atoms with van der Waals surface area (Å²) in [5.74, 6) is 1.23. The van der Waals surface area contributed by atoms with Crippen molar-refractivity contribution in [1.29, 1.82) is 0 Å². The zero-order valence-corrected chi connectivity index (χ0v) is 13.4. The second-order valence-electron chi connectivity index (χ2n) is 5.06. The molecule has 1 aromatic rings. The van der Waals surface area contributed by atoms with Gasteiger partial charge in [0.2, 0.25) is 0 Å². The van der Waals surface area contributed by atoms with Gasteiger partial charge in [0, 0.05) is 24.0 Å². The van der Waals surface area contributed by atoms with Crippen molar-refractivity contribution in [3.05, 3.63) is 16.3 Å². The lowest BCUT2D eigenvalue weighted by atomic mass is 9.84. The number of thiophene rings is 1. The lowest BCUT2D eigenvalue weighted by molar-refractivity contribution is 0.0919. The first-order valence-corrected chi connectivity index (χ1v) is 7.76. The number of nitrogens with one attached hydrogen (secondary N) is 1. The third kappa shape index (κ3) is 4.36. The number of methoxy groups -OCH3 is 1. The molecule has 0 saturated heterocycles. The first-order chi connectivity index (χ1) is 9.24. The van der Waals surface area contributed by atoms with E-state index >= 15 is 0 Å². The molecule has 0 bridgehead atoms. The lowest BCUT2D eigenvalue weighted by Crippen LogP contribution is -2.45. The van der Waals surface area contributed by atoms with E-state index in [2.05, 4.69) is 5.32 Å². The number of hydrogen-bond acceptors (Lipinski definition) is 4. The van der Waals surface area contributed by atoms with Gasteiger partial charge in [-0.1, -0.05) is 19.3 Å². The van der Waals surface area contributed by atoms with Crippen LogP contribution in [0.2, 0.25) is 0 Å². The Morgan fingerprint density at radius 2 is 2.20 bits per heavy atom. The summed E-state index contributed by atoms with van der Waals surface area (Å²) in [4.78, 5) is 12.9. The van der Waals surface area contributed by atoms with Crippen molar-refractivity contribution in [3.8, 4) is 5.75 Å². The fourth-order valence-electron chi connectivity index (χ4n) is 2.69. The van der Waals surface area contributed by atoms with Crippen LogP contribution in [0.25, 0.3) is 0 Å². The molecule has 2 rings (SSSR count). The summed E-state index contributed by atoms with van der Waals surface area (Å²) in [6, 6.07) is 1.87. The van der Waals surface area contributed by atoms with E-state index in [-0.39, 0.29) is 24.4 Å². The van der Waals surface area contributed by atoms with Gasteiger partial charge in [-0.15, -0.1) is 23.7 Å². The fourth-order valence-corrected chi connectivity index (χ4v) is 3.45. The van der Waals surface area contributed by atoms with E-state index in [1.165, 1.54) is 43.4 Å². The second-order valence-corrected chi connectivity index (χ2v) is 5.98. The van der Waals surface area contributed by atoms with Gasteiger partial charge in [0.15, 0.2) is 0 Å². The minimum absolute atomic E-state index is 0. The van der Waals surface area contributed by atoms with Crippen molar-refractivity contribution < 1.29 is 9.53 Å². The van der Waals surface area contributed by atoms with Crippen LogP contribution in [0.5, 0.6) is 5.75 Å². The van der Waals surface area contributed by atoms with Crippen LogP contribution in [0.1, 0.15) is 41.8 Å². The van der Waals surface area contributed by atoms with E-state index < -0.39 is 0 Å². The fraction of sp³-hybridized carbons (Fsp3) is 0.643. The van der Waals surface area contributed by atoms with Gasteiger partial charge in [0.25, 0.3) is 5.91 Å². The summed E-state index contributed by atoms with van der Waals surface area (Å²) in [6.07, 6.45) is 6.17. The van der Waals surface area contributed by atoms with E-state index in [1.54, 1.807) is 13.2 Å². The monoisotopic (exact) mass is 318 g/mol.